The van der Waals surface area contributed by atoms with Gasteiger partial charge in [-0.05, 0) is 43.9 Å². The van der Waals surface area contributed by atoms with Gasteiger partial charge in [0.05, 0.1) is 10.7 Å². The van der Waals surface area contributed by atoms with E-state index in [1.807, 2.05) is 24.8 Å². The van der Waals surface area contributed by atoms with Crippen LogP contribution < -0.4 is 21.7 Å². The highest BCUT2D eigenvalue weighted by atomic mass is 35.5. The predicted octanol–water partition coefficient (Wildman–Crippen LogP) is 3.04. The quantitative estimate of drug-likeness (QED) is 0.753. The van der Waals surface area contributed by atoms with Crippen molar-refractivity contribution in [2.24, 2.45) is 27.4 Å². The van der Waals surface area contributed by atoms with E-state index in [4.69, 9.17) is 23.1 Å². The molecule has 0 atom stereocenters. The molecule has 0 radical (unpaired) electrons. The van der Waals surface area contributed by atoms with E-state index >= 15 is 0 Å². The zero-order chi connectivity index (χ0) is 18.9. The Labute approximate surface area is 158 Å². The van der Waals surface area contributed by atoms with Crippen LogP contribution in [0.3, 0.4) is 0 Å². The molecule has 1 saturated carbocycles. The number of carbonyl (C=O) groups excluding carboxylic acids is 1. The van der Waals surface area contributed by atoms with E-state index in [1.165, 1.54) is 6.42 Å². The normalized spacial score (nSPS) is 19.3. The zero-order valence-electron chi connectivity index (χ0n) is 15.1. The van der Waals surface area contributed by atoms with Gasteiger partial charge in [0.15, 0.2) is 0 Å². The molecule has 1 aromatic rings. The van der Waals surface area contributed by atoms with E-state index in [0.29, 0.717) is 16.7 Å². The van der Waals surface area contributed by atoms with E-state index < -0.39 is 5.66 Å². The summed E-state index contributed by atoms with van der Waals surface area (Å²) in [6.07, 6.45) is 4.98. The standard InChI is InChI=1S/C18H25ClN6O/c1-11(2)15(26)22-14-7-6-12(10-13(14)19)25-17(21)23-16(20)24-18(25)8-4-3-5-9-18/h6-7,10-11H,3-5,8-9H2,1-2H3,(H,22,26)(H4,20,21,23,24). The monoisotopic (exact) mass is 376 g/mol. The van der Waals surface area contributed by atoms with Gasteiger partial charge in [-0.1, -0.05) is 31.9 Å². The number of aliphatic imine (C=N–C) groups is 2. The third-order valence-corrected chi connectivity index (χ3v) is 5.16. The molecule has 0 aromatic heterocycles. The predicted molar refractivity (Wildman–Crippen MR) is 106 cm³/mol. The molecule has 0 saturated heterocycles. The van der Waals surface area contributed by atoms with Gasteiger partial charge in [0, 0.05) is 11.6 Å². The number of halogens is 1. The van der Waals surface area contributed by atoms with Crippen molar-refractivity contribution in [3.63, 3.8) is 0 Å². The van der Waals surface area contributed by atoms with Crippen LogP contribution in [0.2, 0.25) is 5.02 Å². The number of amides is 1. The van der Waals surface area contributed by atoms with Crippen LogP contribution in [0, 0.1) is 5.92 Å². The first-order valence-corrected chi connectivity index (χ1v) is 9.30. The highest BCUT2D eigenvalue weighted by molar-refractivity contribution is 6.34. The molecule has 2 aliphatic rings. The van der Waals surface area contributed by atoms with Crippen molar-refractivity contribution in [2.75, 3.05) is 10.2 Å². The number of hydrogen-bond donors (Lipinski definition) is 3. The van der Waals surface area contributed by atoms with Gasteiger partial charge in [-0.15, -0.1) is 0 Å². The van der Waals surface area contributed by atoms with Crippen molar-refractivity contribution in [3.05, 3.63) is 23.2 Å². The molecule has 7 nitrogen and oxygen atoms in total. The number of nitrogens with zero attached hydrogens (tertiary/aromatic N) is 3. The van der Waals surface area contributed by atoms with Gasteiger partial charge in [-0.2, -0.15) is 4.99 Å². The Balaban J connectivity index is 1.95. The lowest BCUT2D eigenvalue weighted by Gasteiger charge is -2.45. The number of hydrogen-bond acceptors (Lipinski definition) is 6. The molecule has 3 rings (SSSR count). The van der Waals surface area contributed by atoms with Crippen LogP contribution in [0.4, 0.5) is 11.4 Å². The lowest BCUT2D eigenvalue weighted by molar-refractivity contribution is -0.118. The third kappa shape index (κ3) is 3.49. The average molecular weight is 377 g/mol. The summed E-state index contributed by atoms with van der Waals surface area (Å²) in [6, 6.07) is 5.44. The molecule has 1 fully saturated rings. The largest absolute Gasteiger partial charge is 0.369 e. The summed E-state index contributed by atoms with van der Waals surface area (Å²) in [5.41, 5.74) is 13.0. The Morgan fingerprint density at radius 1 is 1.27 bits per heavy atom. The molecule has 5 N–H and O–H groups in total. The minimum absolute atomic E-state index is 0.0835. The molecule has 0 unspecified atom stereocenters. The van der Waals surface area contributed by atoms with Crippen molar-refractivity contribution in [3.8, 4) is 0 Å². The van der Waals surface area contributed by atoms with Gasteiger partial charge in [0.1, 0.15) is 5.66 Å². The van der Waals surface area contributed by atoms with Crippen LogP contribution in [0.5, 0.6) is 0 Å². The van der Waals surface area contributed by atoms with Crippen molar-refractivity contribution in [1.29, 1.82) is 0 Å². The Bertz CT molecular complexity index is 767. The number of rotatable bonds is 3. The maximum Gasteiger partial charge on any atom is 0.226 e. The van der Waals surface area contributed by atoms with Crippen LogP contribution in [-0.4, -0.2) is 23.5 Å². The van der Waals surface area contributed by atoms with E-state index in [2.05, 4.69) is 15.3 Å². The second-order valence-corrected chi connectivity index (χ2v) is 7.53. The fraction of sp³-hybridized carbons (Fsp3) is 0.500. The van der Waals surface area contributed by atoms with Crippen LogP contribution in [0.25, 0.3) is 0 Å². The summed E-state index contributed by atoms with van der Waals surface area (Å²) < 4.78 is 0. The Hall–Kier alpha value is -2.28. The lowest BCUT2D eigenvalue weighted by Crippen LogP contribution is -2.58. The van der Waals surface area contributed by atoms with Gasteiger partial charge in [0.2, 0.25) is 17.8 Å². The summed E-state index contributed by atoms with van der Waals surface area (Å²) >= 11 is 6.42. The molecular formula is C18H25ClN6O. The molecule has 26 heavy (non-hydrogen) atoms. The third-order valence-electron chi connectivity index (χ3n) is 4.84. The minimum atomic E-state index is -0.514. The summed E-state index contributed by atoms with van der Waals surface area (Å²) in [5, 5.41) is 3.27. The first kappa shape index (κ1) is 18.5. The molecular weight excluding hydrogens is 352 g/mol. The van der Waals surface area contributed by atoms with Gasteiger partial charge in [-0.25, -0.2) is 4.99 Å². The van der Waals surface area contributed by atoms with Gasteiger partial charge in [0.25, 0.3) is 0 Å². The maximum atomic E-state index is 11.9. The minimum Gasteiger partial charge on any atom is -0.369 e. The fourth-order valence-corrected chi connectivity index (χ4v) is 3.74. The molecule has 1 amide bonds. The highest BCUT2D eigenvalue weighted by Gasteiger charge is 2.42. The second kappa shape index (κ2) is 7.15. The van der Waals surface area contributed by atoms with Crippen LogP contribution in [0.15, 0.2) is 28.2 Å². The van der Waals surface area contributed by atoms with E-state index in [-0.39, 0.29) is 17.8 Å². The molecule has 1 spiro atoms. The summed E-state index contributed by atoms with van der Waals surface area (Å²) in [5.74, 6) is 0.320. The van der Waals surface area contributed by atoms with Crippen LogP contribution >= 0.6 is 11.6 Å². The first-order valence-electron chi connectivity index (χ1n) is 8.92. The number of nitrogens with two attached hydrogens (primary N) is 2. The molecule has 0 bridgehead atoms. The zero-order valence-corrected chi connectivity index (χ0v) is 15.9. The van der Waals surface area contributed by atoms with Crippen molar-refractivity contribution < 1.29 is 4.79 Å². The lowest BCUT2D eigenvalue weighted by atomic mass is 9.87. The van der Waals surface area contributed by atoms with Gasteiger partial charge < -0.3 is 16.8 Å². The van der Waals surface area contributed by atoms with Gasteiger partial charge >= 0.3 is 0 Å². The van der Waals surface area contributed by atoms with Crippen LogP contribution in [-0.2, 0) is 4.79 Å². The van der Waals surface area contributed by atoms with E-state index in [9.17, 15) is 4.79 Å². The second-order valence-electron chi connectivity index (χ2n) is 7.13. The number of benzene rings is 1. The van der Waals surface area contributed by atoms with Crippen molar-refractivity contribution in [1.82, 2.24) is 0 Å². The van der Waals surface area contributed by atoms with E-state index in [1.54, 1.807) is 12.1 Å². The summed E-state index contributed by atoms with van der Waals surface area (Å²) in [6.45, 7) is 3.66. The smallest absolute Gasteiger partial charge is 0.226 e. The summed E-state index contributed by atoms with van der Waals surface area (Å²) in [4.78, 5) is 22.6. The fourth-order valence-electron chi connectivity index (χ4n) is 3.52. The molecule has 1 heterocycles. The molecule has 1 aliphatic heterocycles. The molecule has 8 heteroatoms. The molecule has 140 valence electrons. The maximum absolute atomic E-state index is 11.9. The number of anilines is 2. The van der Waals surface area contributed by atoms with Crippen LogP contribution in [0.1, 0.15) is 46.0 Å². The number of guanidine groups is 2. The van der Waals surface area contributed by atoms with Crippen molar-refractivity contribution in [2.45, 2.75) is 51.6 Å². The average Bonchev–Trinajstić information content (AvgIpc) is 2.57. The Kier molecular flexibility index (Phi) is 5.09. The summed E-state index contributed by atoms with van der Waals surface area (Å²) in [7, 11) is 0. The molecule has 1 aliphatic carbocycles. The highest BCUT2D eigenvalue weighted by Crippen LogP contribution is 2.40. The SMILES string of the molecule is CC(C)C(=O)Nc1ccc(N2C(N)=NC(N)=NC23CCCCC3)cc1Cl. The molecule has 1 aromatic carbocycles. The van der Waals surface area contributed by atoms with Crippen molar-refractivity contribution >= 4 is 40.8 Å². The van der Waals surface area contributed by atoms with E-state index in [0.717, 1.165) is 31.4 Å². The number of carbonyl (C=O) groups is 1. The topological polar surface area (TPSA) is 109 Å². The Morgan fingerprint density at radius 2 is 1.96 bits per heavy atom. The van der Waals surface area contributed by atoms with Gasteiger partial charge in [-0.3, -0.25) is 9.69 Å². The first-order chi connectivity index (χ1) is 12.3. The number of nitrogens with one attached hydrogen (secondary N) is 1. The Morgan fingerprint density at radius 3 is 2.58 bits per heavy atom.